The Bertz CT molecular complexity index is 1680. The van der Waals surface area contributed by atoms with E-state index >= 15 is 0 Å². The summed E-state index contributed by atoms with van der Waals surface area (Å²) in [4.78, 5) is 52.0. The van der Waals surface area contributed by atoms with E-state index in [1.807, 2.05) is 52.8 Å². The number of aromatic amines is 1. The van der Waals surface area contributed by atoms with Crippen LogP contribution in [0.2, 0.25) is 0 Å². The number of benzene rings is 1. The molecule has 0 saturated carbocycles. The van der Waals surface area contributed by atoms with Gasteiger partial charge in [-0.15, -0.1) is 0 Å². The number of nitrogens with one attached hydrogen (secondary N) is 3. The third kappa shape index (κ3) is 6.25. The van der Waals surface area contributed by atoms with Gasteiger partial charge in [-0.2, -0.15) is 0 Å². The number of carbonyl (C=O) groups excluding carboxylic acids is 3. The van der Waals surface area contributed by atoms with E-state index in [1.165, 1.54) is 0 Å². The predicted octanol–water partition coefficient (Wildman–Crippen LogP) is 2.88. The summed E-state index contributed by atoms with van der Waals surface area (Å²) in [6.45, 7) is 12.2. The van der Waals surface area contributed by atoms with Gasteiger partial charge in [0.2, 0.25) is 0 Å². The smallest absolute Gasteiger partial charge is 0.410 e. The number of ether oxygens (including phenoxy) is 1. The molecular formula is C30H40N9O4+. The molecule has 3 amide bonds. The van der Waals surface area contributed by atoms with Crippen LogP contribution in [-0.4, -0.2) is 67.1 Å². The first kappa shape index (κ1) is 29.8. The Labute approximate surface area is 249 Å². The molecule has 0 atom stereocenters. The monoisotopic (exact) mass is 590 g/mol. The molecule has 3 aromatic heterocycles. The first-order valence-electron chi connectivity index (χ1n) is 14.7. The van der Waals surface area contributed by atoms with Gasteiger partial charge in [0.15, 0.2) is 28.2 Å². The maximum atomic E-state index is 13.3. The number of nitrogen functional groups attached to an aromatic ring is 1. The zero-order valence-electron chi connectivity index (χ0n) is 25.4. The number of fused-ring (bicyclic) bond motifs is 2. The zero-order valence-corrected chi connectivity index (χ0v) is 25.4. The maximum Gasteiger partial charge on any atom is 0.410 e. The molecule has 1 aliphatic heterocycles. The second kappa shape index (κ2) is 11.9. The Hall–Kier alpha value is -4.68. The summed E-state index contributed by atoms with van der Waals surface area (Å²) >= 11 is 0. The van der Waals surface area contributed by atoms with Crippen molar-refractivity contribution in [1.29, 1.82) is 0 Å². The third-order valence-corrected chi connectivity index (χ3v) is 7.59. The molecule has 1 aromatic carbocycles. The number of nitrogens with two attached hydrogens (primary N) is 1. The van der Waals surface area contributed by atoms with Crippen LogP contribution in [-0.2, 0) is 24.4 Å². The van der Waals surface area contributed by atoms with Gasteiger partial charge in [0.25, 0.3) is 17.6 Å². The van der Waals surface area contributed by atoms with Gasteiger partial charge in [0.05, 0.1) is 13.1 Å². The number of nitrogens with zero attached hydrogens (tertiary/aromatic N) is 5. The highest BCUT2D eigenvalue weighted by Gasteiger charge is 2.29. The predicted molar refractivity (Wildman–Crippen MR) is 161 cm³/mol. The van der Waals surface area contributed by atoms with Crippen molar-refractivity contribution in [2.45, 2.75) is 78.7 Å². The van der Waals surface area contributed by atoms with E-state index in [0.29, 0.717) is 55.7 Å². The van der Waals surface area contributed by atoms with Crippen molar-refractivity contribution in [3.8, 4) is 0 Å². The third-order valence-electron chi connectivity index (χ3n) is 7.59. The van der Waals surface area contributed by atoms with Gasteiger partial charge in [-0.25, -0.2) is 23.9 Å². The number of amides is 3. The Morgan fingerprint density at radius 3 is 2.53 bits per heavy atom. The first-order valence-corrected chi connectivity index (χ1v) is 14.7. The SMILES string of the molecule is CCn1c(CNC(=O)c2nc3cc[nH]c3nc2N)[n+](CC)c2ccc(C(=O)NC3CCN(C(=O)OC(C)(C)C)CC3)cc21. The second-order valence-electron chi connectivity index (χ2n) is 11.7. The van der Waals surface area contributed by atoms with Crippen LogP contribution in [0.3, 0.4) is 0 Å². The minimum atomic E-state index is -0.543. The average Bonchev–Trinajstić information content (AvgIpc) is 3.55. The zero-order chi connectivity index (χ0) is 30.9. The van der Waals surface area contributed by atoms with E-state index in [1.54, 1.807) is 17.2 Å². The van der Waals surface area contributed by atoms with Gasteiger partial charge in [-0.3, -0.25) is 9.59 Å². The second-order valence-corrected chi connectivity index (χ2v) is 11.7. The Kier molecular flexibility index (Phi) is 8.25. The molecule has 4 heterocycles. The number of aryl methyl sites for hydroxylation is 2. The van der Waals surface area contributed by atoms with Crippen molar-refractivity contribution in [1.82, 2.24) is 35.1 Å². The molecule has 228 valence electrons. The number of rotatable bonds is 7. The minimum absolute atomic E-state index is 0.0350. The summed E-state index contributed by atoms with van der Waals surface area (Å²) in [5.41, 5.74) is 9.04. The molecule has 0 unspecified atom stereocenters. The van der Waals surface area contributed by atoms with Crippen molar-refractivity contribution in [2.24, 2.45) is 0 Å². The van der Waals surface area contributed by atoms with E-state index < -0.39 is 11.5 Å². The maximum absolute atomic E-state index is 13.3. The van der Waals surface area contributed by atoms with Crippen LogP contribution in [0.1, 0.15) is 74.1 Å². The normalized spacial score (nSPS) is 14.3. The van der Waals surface area contributed by atoms with Crippen LogP contribution in [0.5, 0.6) is 0 Å². The van der Waals surface area contributed by atoms with Crippen LogP contribution in [0, 0.1) is 0 Å². The molecule has 1 saturated heterocycles. The van der Waals surface area contributed by atoms with Crippen LogP contribution in [0.4, 0.5) is 10.6 Å². The number of hydrogen-bond acceptors (Lipinski definition) is 7. The quantitative estimate of drug-likeness (QED) is 0.240. The van der Waals surface area contributed by atoms with Crippen LogP contribution in [0.25, 0.3) is 22.2 Å². The van der Waals surface area contributed by atoms with E-state index in [-0.39, 0.29) is 36.1 Å². The molecule has 1 fully saturated rings. The molecule has 13 nitrogen and oxygen atoms in total. The molecule has 13 heteroatoms. The van der Waals surface area contributed by atoms with Crippen molar-refractivity contribution in [2.75, 3.05) is 18.8 Å². The lowest BCUT2D eigenvalue weighted by Crippen LogP contribution is -2.47. The number of imidazole rings is 1. The van der Waals surface area contributed by atoms with E-state index in [0.717, 1.165) is 16.9 Å². The molecule has 0 radical (unpaired) electrons. The highest BCUT2D eigenvalue weighted by atomic mass is 16.6. The number of carbonyl (C=O) groups is 3. The van der Waals surface area contributed by atoms with Crippen molar-refractivity contribution < 1.29 is 23.7 Å². The molecule has 1 aliphatic rings. The molecule has 43 heavy (non-hydrogen) atoms. The number of likely N-dealkylation sites (tertiary alicyclic amines) is 1. The summed E-state index contributed by atoms with van der Waals surface area (Å²) in [5, 5.41) is 6.09. The average molecular weight is 591 g/mol. The van der Waals surface area contributed by atoms with Crippen molar-refractivity contribution in [3.63, 3.8) is 0 Å². The van der Waals surface area contributed by atoms with Gasteiger partial charge in [0, 0.05) is 37.0 Å². The van der Waals surface area contributed by atoms with Crippen LogP contribution in [0.15, 0.2) is 30.5 Å². The van der Waals surface area contributed by atoms with Crippen LogP contribution < -0.4 is 20.9 Å². The Morgan fingerprint density at radius 2 is 1.86 bits per heavy atom. The first-order chi connectivity index (χ1) is 20.5. The Morgan fingerprint density at radius 1 is 1.12 bits per heavy atom. The molecule has 5 rings (SSSR count). The summed E-state index contributed by atoms with van der Waals surface area (Å²) in [5.74, 6) is 0.364. The van der Waals surface area contributed by atoms with Crippen molar-refractivity contribution in [3.05, 3.63) is 47.5 Å². The highest BCUT2D eigenvalue weighted by Crippen LogP contribution is 2.20. The van der Waals surface area contributed by atoms with Gasteiger partial charge >= 0.3 is 6.09 Å². The van der Waals surface area contributed by atoms with Crippen molar-refractivity contribution >= 4 is 45.9 Å². The molecule has 0 aliphatic carbocycles. The molecule has 0 spiro atoms. The number of aromatic nitrogens is 5. The van der Waals surface area contributed by atoms with E-state index in [9.17, 15) is 14.4 Å². The van der Waals surface area contributed by atoms with Gasteiger partial charge < -0.3 is 31.0 Å². The molecule has 5 N–H and O–H groups in total. The molecule has 0 bridgehead atoms. The highest BCUT2D eigenvalue weighted by molar-refractivity contribution is 5.98. The largest absolute Gasteiger partial charge is 0.444 e. The molecular weight excluding hydrogens is 550 g/mol. The fourth-order valence-corrected chi connectivity index (χ4v) is 5.52. The van der Waals surface area contributed by atoms with Crippen LogP contribution >= 0.6 is 0 Å². The fourth-order valence-electron chi connectivity index (χ4n) is 5.52. The number of piperidine rings is 1. The molecule has 4 aromatic rings. The van der Waals surface area contributed by atoms with E-state index in [2.05, 4.69) is 34.7 Å². The summed E-state index contributed by atoms with van der Waals surface area (Å²) in [6, 6.07) is 7.36. The lowest BCUT2D eigenvalue weighted by molar-refractivity contribution is -0.676. The van der Waals surface area contributed by atoms with E-state index in [4.69, 9.17) is 10.5 Å². The summed E-state index contributed by atoms with van der Waals surface area (Å²) in [7, 11) is 0. The minimum Gasteiger partial charge on any atom is -0.444 e. The summed E-state index contributed by atoms with van der Waals surface area (Å²) in [6.07, 6.45) is 2.69. The number of H-pyrrole nitrogens is 1. The summed E-state index contributed by atoms with van der Waals surface area (Å²) < 4.78 is 9.70. The number of anilines is 1. The van der Waals surface area contributed by atoms with Gasteiger partial charge in [-0.1, -0.05) is 0 Å². The fraction of sp³-hybridized carbons (Fsp3) is 0.467. The topological polar surface area (TPSA) is 164 Å². The lowest BCUT2D eigenvalue weighted by atomic mass is 10.0. The van der Waals surface area contributed by atoms with Gasteiger partial charge in [0.1, 0.15) is 17.7 Å². The van der Waals surface area contributed by atoms with Gasteiger partial charge in [-0.05, 0) is 65.7 Å². The standard InChI is InChI=1S/C30H39N9O4/c1-6-38-21-9-8-18(27(40)34-19-11-14-37(15-12-19)29(42)43-30(3,4)5)16-22(21)39(7-2)23(38)17-33-28(41)24-25(31)36-26-20(35-24)10-13-32-26/h8-10,13,16,19H,6-7,11-12,14-15,17H2,1-5H3,(H4-,31,32,33,34,35,36,40,41)/p+1. The Balaban J connectivity index is 1.29. The lowest BCUT2D eigenvalue weighted by Gasteiger charge is -2.33. The number of hydrogen-bond donors (Lipinski definition) is 4.